The quantitative estimate of drug-likeness (QED) is 0.778. The van der Waals surface area contributed by atoms with Crippen LogP contribution in [0, 0.1) is 0 Å². The van der Waals surface area contributed by atoms with Gasteiger partial charge in [0.25, 0.3) is 5.91 Å². The van der Waals surface area contributed by atoms with E-state index in [0.717, 1.165) is 25.8 Å². The van der Waals surface area contributed by atoms with Crippen molar-refractivity contribution in [3.8, 4) is 11.5 Å². The second-order valence-electron chi connectivity index (χ2n) is 5.19. The molecule has 1 aromatic rings. The van der Waals surface area contributed by atoms with Gasteiger partial charge in [0.15, 0.2) is 11.5 Å². The van der Waals surface area contributed by atoms with Gasteiger partial charge >= 0.3 is 0 Å². The minimum Gasteiger partial charge on any atom is -0.504 e. The number of rotatable bonds is 7. The van der Waals surface area contributed by atoms with Crippen LogP contribution in [-0.4, -0.2) is 35.6 Å². The van der Waals surface area contributed by atoms with E-state index in [1.54, 1.807) is 12.1 Å². The number of hydrogen-bond donors (Lipinski definition) is 1. The summed E-state index contributed by atoms with van der Waals surface area (Å²) in [5.41, 5.74) is 0.494. The van der Waals surface area contributed by atoms with Crippen LogP contribution in [0.4, 0.5) is 0 Å². The lowest BCUT2D eigenvalue weighted by Gasteiger charge is -2.27. The molecule has 0 aliphatic heterocycles. The van der Waals surface area contributed by atoms with Crippen LogP contribution >= 0.6 is 0 Å². The third-order valence-corrected chi connectivity index (χ3v) is 3.31. The van der Waals surface area contributed by atoms with Gasteiger partial charge in [-0.25, -0.2) is 0 Å². The molecule has 1 rings (SSSR count). The normalized spacial score (nSPS) is 10.7. The maximum absolute atomic E-state index is 12.5. The Bertz CT molecular complexity index is 443. The van der Waals surface area contributed by atoms with Gasteiger partial charge in [-0.15, -0.1) is 0 Å². The van der Waals surface area contributed by atoms with Crippen LogP contribution in [0.5, 0.6) is 11.5 Å². The lowest BCUT2D eigenvalue weighted by molar-refractivity contribution is 0.0702. The number of nitrogens with zero attached hydrogens (tertiary/aromatic N) is 1. The van der Waals surface area contributed by atoms with Crippen molar-refractivity contribution in [3.05, 3.63) is 23.8 Å². The van der Waals surface area contributed by atoms with Gasteiger partial charge in [0, 0.05) is 18.2 Å². The molecule has 0 saturated carbocycles. The van der Waals surface area contributed by atoms with Crippen LogP contribution in [0.1, 0.15) is 50.4 Å². The number of aromatic hydroxyl groups is 1. The van der Waals surface area contributed by atoms with Crippen molar-refractivity contribution < 1.29 is 14.6 Å². The summed E-state index contributed by atoms with van der Waals surface area (Å²) in [6, 6.07) is 4.92. The predicted octanol–water partition coefficient (Wildman–Crippen LogP) is 3.44. The third-order valence-electron chi connectivity index (χ3n) is 3.31. The number of unbranched alkanes of at least 4 members (excludes halogenated alkanes) is 2. The van der Waals surface area contributed by atoms with E-state index in [9.17, 15) is 9.90 Å². The van der Waals surface area contributed by atoms with Gasteiger partial charge in [0.05, 0.1) is 7.11 Å². The van der Waals surface area contributed by atoms with Gasteiger partial charge in [-0.3, -0.25) is 4.79 Å². The van der Waals surface area contributed by atoms with Crippen LogP contribution in [0.15, 0.2) is 18.2 Å². The van der Waals surface area contributed by atoms with Crippen molar-refractivity contribution in [2.75, 3.05) is 13.7 Å². The maximum atomic E-state index is 12.5. The average Bonchev–Trinajstić information content (AvgIpc) is 2.42. The third kappa shape index (κ3) is 4.15. The first-order chi connectivity index (χ1) is 9.51. The summed E-state index contributed by atoms with van der Waals surface area (Å²) in [5, 5.41) is 9.78. The highest BCUT2D eigenvalue weighted by molar-refractivity contribution is 5.95. The first kappa shape index (κ1) is 16.3. The molecule has 0 unspecified atom stereocenters. The Labute approximate surface area is 121 Å². The molecule has 0 atom stereocenters. The number of hydrogen-bond acceptors (Lipinski definition) is 3. The fourth-order valence-electron chi connectivity index (χ4n) is 2.12. The van der Waals surface area contributed by atoms with E-state index in [-0.39, 0.29) is 17.7 Å². The molecule has 0 aliphatic rings. The Hall–Kier alpha value is -1.71. The van der Waals surface area contributed by atoms with E-state index in [4.69, 9.17) is 4.74 Å². The van der Waals surface area contributed by atoms with Crippen molar-refractivity contribution in [2.24, 2.45) is 0 Å². The molecule has 112 valence electrons. The summed E-state index contributed by atoms with van der Waals surface area (Å²) >= 11 is 0. The van der Waals surface area contributed by atoms with Crippen LogP contribution in [0.3, 0.4) is 0 Å². The molecule has 20 heavy (non-hydrogen) atoms. The standard InChI is InChI=1S/C16H25NO3/c1-5-6-7-10-17(12(2)3)16(19)13-8-9-15(20-4)14(18)11-13/h8-9,11-12,18H,5-7,10H2,1-4H3. The summed E-state index contributed by atoms with van der Waals surface area (Å²) in [6.45, 7) is 6.90. The Kier molecular flexibility index (Phi) is 6.36. The number of methoxy groups -OCH3 is 1. The lowest BCUT2D eigenvalue weighted by atomic mass is 10.1. The number of carbonyl (C=O) groups is 1. The van der Waals surface area contributed by atoms with E-state index in [1.165, 1.54) is 13.2 Å². The number of amides is 1. The Morgan fingerprint density at radius 1 is 1.35 bits per heavy atom. The highest BCUT2D eigenvalue weighted by Gasteiger charge is 2.19. The lowest BCUT2D eigenvalue weighted by Crippen LogP contribution is -2.37. The molecule has 0 spiro atoms. The van der Waals surface area contributed by atoms with Crippen molar-refractivity contribution in [3.63, 3.8) is 0 Å². The van der Waals surface area contributed by atoms with E-state index in [1.807, 2.05) is 18.7 Å². The predicted molar refractivity (Wildman–Crippen MR) is 80.4 cm³/mol. The first-order valence-corrected chi connectivity index (χ1v) is 7.19. The summed E-state index contributed by atoms with van der Waals surface area (Å²) in [6.07, 6.45) is 3.25. The highest BCUT2D eigenvalue weighted by Crippen LogP contribution is 2.27. The monoisotopic (exact) mass is 279 g/mol. The largest absolute Gasteiger partial charge is 0.504 e. The summed E-state index contributed by atoms with van der Waals surface area (Å²) in [4.78, 5) is 14.4. The zero-order chi connectivity index (χ0) is 15.1. The highest BCUT2D eigenvalue weighted by atomic mass is 16.5. The van der Waals surface area contributed by atoms with E-state index in [0.29, 0.717) is 11.3 Å². The summed E-state index contributed by atoms with van der Waals surface area (Å²) in [7, 11) is 1.49. The zero-order valence-corrected chi connectivity index (χ0v) is 12.8. The van der Waals surface area contributed by atoms with E-state index in [2.05, 4.69) is 6.92 Å². The van der Waals surface area contributed by atoms with Crippen LogP contribution in [0.25, 0.3) is 0 Å². The molecule has 1 aromatic carbocycles. The van der Waals surface area contributed by atoms with Gasteiger partial charge in [0.2, 0.25) is 0 Å². The van der Waals surface area contributed by atoms with Crippen LogP contribution < -0.4 is 4.74 Å². The molecule has 4 heteroatoms. The second kappa shape index (κ2) is 7.78. The molecule has 0 radical (unpaired) electrons. The van der Waals surface area contributed by atoms with Gasteiger partial charge in [-0.2, -0.15) is 0 Å². The molecular formula is C16H25NO3. The number of ether oxygens (including phenoxy) is 1. The van der Waals surface area contributed by atoms with E-state index < -0.39 is 0 Å². The first-order valence-electron chi connectivity index (χ1n) is 7.19. The molecule has 4 nitrogen and oxygen atoms in total. The SMILES string of the molecule is CCCCCN(C(=O)c1ccc(OC)c(O)c1)C(C)C. The van der Waals surface area contributed by atoms with Crippen molar-refractivity contribution in [1.82, 2.24) is 4.90 Å². The minimum atomic E-state index is -0.0472. The number of phenols is 1. The summed E-state index contributed by atoms with van der Waals surface area (Å²) in [5.74, 6) is 0.327. The van der Waals surface area contributed by atoms with Crippen LogP contribution in [0.2, 0.25) is 0 Å². The minimum absolute atomic E-state index is 0.00406. The molecule has 1 N–H and O–H groups in total. The molecule has 1 amide bonds. The fraction of sp³-hybridized carbons (Fsp3) is 0.562. The van der Waals surface area contributed by atoms with Crippen molar-refractivity contribution >= 4 is 5.91 Å². The number of carbonyl (C=O) groups excluding carboxylic acids is 1. The topological polar surface area (TPSA) is 49.8 Å². The molecule has 0 bridgehead atoms. The Morgan fingerprint density at radius 2 is 2.05 bits per heavy atom. The van der Waals surface area contributed by atoms with Gasteiger partial charge in [0.1, 0.15) is 0 Å². The van der Waals surface area contributed by atoms with Gasteiger partial charge in [-0.1, -0.05) is 19.8 Å². The van der Waals surface area contributed by atoms with Crippen molar-refractivity contribution in [2.45, 2.75) is 46.1 Å². The second-order valence-corrected chi connectivity index (χ2v) is 5.19. The van der Waals surface area contributed by atoms with E-state index >= 15 is 0 Å². The zero-order valence-electron chi connectivity index (χ0n) is 12.8. The Morgan fingerprint density at radius 3 is 2.55 bits per heavy atom. The molecule has 0 saturated heterocycles. The molecular weight excluding hydrogens is 254 g/mol. The molecule has 0 fully saturated rings. The molecule has 0 aromatic heterocycles. The van der Waals surface area contributed by atoms with Gasteiger partial charge < -0.3 is 14.7 Å². The van der Waals surface area contributed by atoms with Crippen molar-refractivity contribution in [1.29, 1.82) is 0 Å². The average molecular weight is 279 g/mol. The van der Waals surface area contributed by atoms with Crippen LogP contribution in [-0.2, 0) is 0 Å². The summed E-state index contributed by atoms with van der Waals surface area (Å²) < 4.78 is 4.99. The smallest absolute Gasteiger partial charge is 0.254 e. The number of phenolic OH excluding ortho intramolecular Hbond substituents is 1. The van der Waals surface area contributed by atoms with Gasteiger partial charge in [-0.05, 0) is 38.5 Å². The molecule has 0 heterocycles. The fourth-order valence-corrected chi connectivity index (χ4v) is 2.12. The maximum Gasteiger partial charge on any atom is 0.254 e. The molecule has 0 aliphatic carbocycles. The number of benzene rings is 1. The Balaban J connectivity index is 2.86.